The average Bonchev–Trinajstić information content (AvgIpc) is 1.39. The van der Waals surface area contributed by atoms with Crippen molar-refractivity contribution in [3.63, 3.8) is 0 Å². The number of amides is 8. The van der Waals surface area contributed by atoms with E-state index in [1.165, 1.54) is 23.5 Å². The van der Waals surface area contributed by atoms with Crippen molar-refractivity contribution >= 4 is 110 Å². The molecule has 1 aromatic heterocycles. The maximum absolute atomic E-state index is 14.8. The number of likely N-dealkylation sites (N-methyl/N-ethyl adjacent to an activating group) is 1. The van der Waals surface area contributed by atoms with Crippen LogP contribution in [0.1, 0.15) is 152 Å². The maximum Gasteiger partial charge on any atom is 0.426 e. The van der Waals surface area contributed by atoms with Gasteiger partial charge in [0.15, 0.2) is 12.7 Å². The predicted molar refractivity (Wildman–Crippen MR) is 362 cm³/mol. The van der Waals surface area contributed by atoms with Crippen molar-refractivity contribution < 1.29 is 87.4 Å². The molecule has 1 saturated heterocycles. The van der Waals surface area contributed by atoms with Crippen LogP contribution in [0.4, 0.5) is 4.79 Å². The molecule has 1 aromatic carbocycles. The van der Waals surface area contributed by atoms with Gasteiger partial charge in [0.1, 0.15) is 42.2 Å². The Kier molecular flexibility index (Phi) is 37.8. The number of benzene rings is 1. The largest absolute Gasteiger partial charge is 0.508 e. The minimum absolute atomic E-state index is 0.0168. The van der Waals surface area contributed by atoms with Crippen LogP contribution in [0.3, 0.4) is 0 Å². The molecule has 0 bridgehead atoms. The number of nitrogens with one attached hydrogen (secondary N) is 9. The van der Waals surface area contributed by atoms with E-state index >= 15 is 0 Å². The molecule has 32 nitrogen and oxygen atoms in total. The van der Waals surface area contributed by atoms with Gasteiger partial charge in [-0.05, 0) is 94.5 Å². The fourth-order valence-electron chi connectivity index (χ4n) is 10.2. The number of rotatable bonds is 44. The number of hydrogen-bond donors (Lipinski definition) is 15. The minimum atomic E-state index is -1.84. The van der Waals surface area contributed by atoms with Gasteiger partial charge in [-0.15, -0.1) is 11.3 Å². The lowest BCUT2D eigenvalue weighted by Crippen LogP contribution is -2.59. The molecule has 10 atom stereocenters. The molecule has 3 unspecified atom stereocenters. The molecule has 3 rings (SSSR count). The molecule has 97 heavy (non-hydrogen) atoms. The summed E-state index contributed by atoms with van der Waals surface area (Å²) in [6.07, 6.45) is 3.15. The number of aliphatic carboxylic acids is 3. The van der Waals surface area contributed by atoms with Gasteiger partial charge in [-0.25, -0.2) is 20.0 Å². The Morgan fingerprint density at radius 3 is 2.10 bits per heavy atom. The molecule has 35 heteroatoms. The van der Waals surface area contributed by atoms with Crippen LogP contribution in [0.2, 0.25) is 0 Å². The zero-order valence-electron chi connectivity index (χ0n) is 56.0. The van der Waals surface area contributed by atoms with Crippen LogP contribution < -0.4 is 54.2 Å². The quantitative estimate of drug-likeness (QED) is 0.00861. The highest BCUT2D eigenvalue weighted by atomic mass is 33.1. The van der Waals surface area contributed by atoms with Crippen molar-refractivity contribution in [2.45, 2.75) is 193 Å². The number of likely N-dealkylation sites (tertiary alicyclic amines) is 1. The SMILES string of the molecule is CCCC(=O)OCN(C(=O)C(NC(=O)[C@H]1CCCCN1C)C(C)CC)C(CCc1nc(C(=O)N[C@@H](Cc2ccc(O)cc2)C[C@H](C)C(=O)NNC(=O)OCCSSC[C@H](NC(=O)[C@H](CC(=O)O)NC(=O)[C@H](CCCCCNC(=N)N)NC(=O)[C@@H](N)CC(=O)O)C(=O)O)cs1)C(C)C. The monoisotopic (exact) mass is 1420 g/mol. The fourth-order valence-corrected chi connectivity index (χ4v) is 13.0. The number of hydrogen-bond acceptors (Lipinski definition) is 22. The molecule has 1 aliphatic heterocycles. The van der Waals surface area contributed by atoms with Crippen molar-refractivity contribution in [1.29, 1.82) is 5.41 Å². The summed E-state index contributed by atoms with van der Waals surface area (Å²) in [5.74, 6) is -11.6. The number of aromatic nitrogens is 1. The Hall–Kier alpha value is -8.02. The number of carboxylic acids is 3. The van der Waals surface area contributed by atoms with Crippen LogP contribution in [-0.2, 0) is 70.3 Å². The third-order valence-corrected chi connectivity index (χ3v) is 19.2. The number of thiazole rings is 1. The standard InChI is InChI=1S/C62H98N14O18S3/c1-8-15-51(82)94-34-76(59(89)52(36(5)9-2)72-58(88)47-17-12-14-25-75(47)7)46(35(3)4)22-23-48-68-44(32-95-48)57(87)67-39(29-38-18-20-40(77)21-19-38)28-37(6)53(83)73-74-62(92)93-26-27-96-97-33-45(60(90)91)71-56(86)43(31-50(80)81)70-55(85)42(16-11-10-13-24-66-61(64)65)69-54(84)41(63)30-49(78)79/h18-21,32,35-37,39,41-43,45-47,52,77H,8-17,22-31,33-34,63H2,1-7H3,(H,67,87)(H,69,84)(H,70,85)(H,71,86)(H,72,88)(H,73,83)(H,74,92)(H,78,79)(H,80,81)(H,90,91)(H4,64,65,66)/t36?,37-,39+,41-,42-,43-,45-,46?,47+,52?/m0/s1. The third-order valence-electron chi connectivity index (χ3n) is 15.9. The zero-order chi connectivity index (χ0) is 72.3. The first-order valence-electron chi connectivity index (χ1n) is 32.3. The molecule has 1 aliphatic rings. The first kappa shape index (κ1) is 83.2. The van der Waals surface area contributed by atoms with E-state index in [0.29, 0.717) is 56.5 Å². The van der Waals surface area contributed by atoms with E-state index in [9.17, 15) is 72.9 Å². The zero-order valence-corrected chi connectivity index (χ0v) is 58.5. The summed E-state index contributed by atoms with van der Waals surface area (Å²) in [5, 5.41) is 63.4. The summed E-state index contributed by atoms with van der Waals surface area (Å²) in [7, 11) is 3.87. The number of ether oxygens (including phenoxy) is 2. The van der Waals surface area contributed by atoms with Crippen LogP contribution >= 0.6 is 32.9 Å². The predicted octanol–water partition coefficient (Wildman–Crippen LogP) is 2.32. The van der Waals surface area contributed by atoms with Gasteiger partial charge in [-0.2, -0.15) is 0 Å². The van der Waals surface area contributed by atoms with E-state index in [0.717, 1.165) is 46.5 Å². The highest BCUT2D eigenvalue weighted by Gasteiger charge is 2.39. The smallest absolute Gasteiger partial charge is 0.426 e. The molecular formula is C62H98N14O18S3. The van der Waals surface area contributed by atoms with Crippen molar-refractivity contribution in [3.8, 4) is 5.75 Å². The normalized spacial score (nSPS) is 15.8. The number of aryl methyl sites for hydroxylation is 1. The lowest BCUT2D eigenvalue weighted by Gasteiger charge is -2.39. The molecule has 2 heterocycles. The number of nitrogens with two attached hydrogens (primary N) is 2. The van der Waals surface area contributed by atoms with E-state index in [2.05, 4.69) is 47.7 Å². The molecule has 0 spiro atoms. The van der Waals surface area contributed by atoms with Crippen LogP contribution in [0, 0.1) is 23.2 Å². The molecule has 8 amide bonds. The fraction of sp³-hybridized carbons (Fsp3) is 0.645. The van der Waals surface area contributed by atoms with E-state index in [-0.39, 0.29) is 104 Å². The van der Waals surface area contributed by atoms with Crippen LogP contribution in [-0.4, -0.2) is 206 Å². The summed E-state index contributed by atoms with van der Waals surface area (Å²) in [6, 6.07) is -2.58. The van der Waals surface area contributed by atoms with E-state index < -0.39 is 121 Å². The Balaban J connectivity index is 1.61. The van der Waals surface area contributed by atoms with Crippen LogP contribution in [0.25, 0.3) is 0 Å². The van der Waals surface area contributed by atoms with Gasteiger partial charge in [0.2, 0.25) is 35.4 Å². The number of hydrazine groups is 1. The third kappa shape index (κ3) is 31.4. The minimum Gasteiger partial charge on any atom is -0.508 e. The topological polar surface area (TPSA) is 496 Å². The van der Waals surface area contributed by atoms with Gasteiger partial charge in [-0.1, -0.05) is 101 Å². The number of carbonyl (C=O) groups excluding carboxylic acids is 9. The number of aromatic hydroxyl groups is 1. The number of phenolic OH excluding ortho intramolecular Hbond substituents is 1. The molecule has 1 fully saturated rings. The summed E-state index contributed by atoms with van der Waals surface area (Å²) in [5.41, 5.74) is 16.2. The number of carboxylic acid groups (broad SMARTS) is 3. The van der Waals surface area contributed by atoms with Crippen molar-refractivity contribution in [2.75, 3.05) is 45.0 Å². The number of piperidine rings is 1. The van der Waals surface area contributed by atoms with Gasteiger partial charge in [0.25, 0.3) is 5.91 Å². The Labute approximate surface area is 576 Å². The number of unbranched alkanes of at least 4 members (excludes halogenated alkanes) is 2. The Morgan fingerprint density at radius 2 is 1.47 bits per heavy atom. The second-order valence-corrected chi connectivity index (χ2v) is 27.7. The first-order chi connectivity index (χ1) is 45.9. The summed E-state index contributed by atoms with van der Waals surface area (Å²) < 4.78 is 10.8. The lowest BCUT2D eigenvalue weighted by molar-refractivity contribution is -0.159. The summed E-state index contributed by atoms with van der Waals surface area (Å²) in [4.78, 5) is 164. The van der Waals surface area contributed by atoms with Crippen molar-refractivity contribution in [1.82, 2.24) is 57.5 Å². The lowest BCUT2D eigenvalue weighted by atomic mass is 9.93. The molecule has 542 valence electrons. The average molecular weight is 1420 g/mol. The highest BCUT2D eigenvalue weighted by molar-refractivity contribution is 8.76. The van der Waals surface area contributed by atoms with Gasteiger partial charge >= 0.3 is 30.0 Å². The van der Waals surface area contributed by atoms with E-state index in [4.69, 9.17) is 31.5 Å². The number of nitrogens with zero attached hydrogens (tertiary/aromatic N) is 3. The Morgan fingerprint density at radius 1 is 0.804 bits per heavy atom. The second kappa shape index (κ2) is 44.0. The summed E-state index contributed by atoms with van der Waals surface area (Å²) in [6.45, 7) is 11.7. The summed E-state index contributed by atoms with van der Waals surface area (Å²) >= 11 is 1.24. The first-order valence-corrected chi connectivity index (χ1v) is 35.7. The number of guanidine groups is 1. The van der Waals surface area contributed by atoms with Gasteiger partial charge in [-0.3, -0.25) is 63.7 Å². The van der Waals surface area contributed by atoms with E-state index in [1.807, 2.05) is 46.6 Å². The maximum atomic E-state index is 14.8. The number of phenols is 1. The van der Waals surface area contributed by atoms with Gasteiger partial charge in [0.05, 0.1) is 29.9 Å². The Bertz CT molecular complexity index is 2950. The van der Waals surface area contributed by atoms with Crippen molar-refractivity contribution in [3.05, 3.63) is 45.9 Å². The van der Waals surface area contributed by atoms with Gasteiger partial charge < -0.3 is 78.2 Å². The second-order valence-electron chi connectivity index (χ2n) is 24.1. The molecule has 2 aromatic rings. The molecule has 0 aliphatic carbocycles. The van der Waals surface area contributed by atoms with Gasteiger partial charge in [0, 0.05) is 54.3 Å². The number of esters is 1. The molecule has 17 N–H and O–H groups in total. The molecule has 0 radical (unpaired) electrons. The van der Waals surface area contributed by atoms with E-state index in [1.54, 1.807) is 29.3 Å². The van der Waals surface area contributed by atoms with Crippen LogP contribution in [0.5, 0.6) is 5.75 Å². The molecular weight excluding hydrogens is 1320 g/mol. The highest BCUT2D eigenvalue weighted by Crippen LogP contribution is 2.26. The van der Waals surface area contributed by atoms with Crippen molar-refractivity contribution in [2.24, 2.45) is 29.2 Å². The van der Waals surface area contributed by atoms with Crippen LogP contribution in [0.15, 0.2) is 29.6 Å². The molecule has 0 saturated carbocycles. The number of carbonyl (C=O) groups is 12.